The molecule has 156 valence electrons. The number of para-hydroxylation sites is 3. The number of aromatic nitrogens is 2. The van der Waals surface area contributed by atoms with Crippen LogP contribution >= 0.6 is 11.8 Å². The summed E-state index contributed by atoms with van der Waals surface area (Å²) in [5.74, 6) is 1.28. The first-order valence-corrected chi connectivity index (χ1v) is 11.0. The molecule has 1 aromatic heterocycles. The molecule has 0 aliphatic carbocycles. The summed E-state index contributed by atoms with van der Waals surface area (Å²) in [5.41, 5.74) is 4.78. The van der Waals surface area contributed by atoms with Crippen molar-refractivity contribution in [1.29, 1.82) is 0 Å². The van der Waals surface area contributed by atoms with Crippen molar-refractivity contribution < 1.29 is 9.53 Å². The predicted octanol–water partition coefficient (Wildman–Crippen LogP) is 5.45. The number of aryl methyl sites for hydroxylation is 2. The van der Waals surface area contributed by atoms with Crippen LogP contribution in [0.3, 0.4) is 0 Å². The van der Waals surface area contributed by atoms with Crippen LogP contribution in [0, 0.1) is 13.8 Å². The number of thioether (sulfide) groups is 1. The molecule has 0 bridgehead atoms. The van der Waals surface area contributed by atoms with Crippen molar-refractivity contribution in [2.75, 3.05) is 5.75 Å². The molecule has 0 radical (unpaired) electrons. The first kappa shape index (κ1) is 20.9. The average Bonchev–Trinajstić information content (AvgIpc) is 2.78. The lowest BCUT2D eigenvalue weighted by Crippen LogP contribution is -2.24. The van der Waals surface area contributed by atoms with Crippen molar-refractivity contribution in [3.63, 3.8) is 0 Å². The lowest BCUT2D eigenvalue weighted by atomic mass is 10.1. The van der Waals surface area contributed by atoms with Crippen LogP contribution in [0.25, 0.3) is 11.0 Å². The molecule has 1 heterocycles. The molecule has 0 saturated carbocycles. The molecule has 0 atom stereocenters. The summed E-state index contributed by atoms with van der Waals surface area (Å²) in [4.78, 5) is 21.8. The number of hydrogen-bond acceptors (Lipinski definition) is 5. The Hall–Kier alpha value is -3.38. The number of carbonyl (C=O) groups excluding carboxylic acids is 1. The van der Waals surface area contributed by atoms with E-state index in [2.05, 4.69) is 10.3 Å². The Morgan fingerprint density at radius 3 is 2.32 bits per heavy atom. The van der Waals surface area contributed by atoms with Gasteiger partial charge in [0.25, 0.3) is 5.88 Å². The van der Waals surface area contributed by atoms with E-state index in [0.717, 1.165) is 27.9 Å². The van der Waals surface area contributed by atoms with Crippen molar-refractivity contribution in [3.8, 4) is 11.6 Å². The van der Waals surface area contributed by atoms with Crippen molar-refractivity contribution in [3.05, 3.63) is 89.5 Å². The van der Waals surface area contributed by atoms with E-state index in [1.165, 1.54) is 17.3 Å². The van der Waals surface area contributed by atoms with Gasteiger partial charge in [-0.25, -0.2) is 9.97 Å². The maximum absolute atomic E-state index is 12.4. The Balaban J connectivity index is 1.49. The van der Waals surface area contributed by atoms with Crippen LogP contribution in [0.15, 0.2) is 77.8 Å². The highest BCUT2D eigenvalue weighted by molar-refractivity contribution is 8.00. The van der Waals surface area contributed by atoms with Crippen LogP contribution in [0.1, 0.15) is 16.7 Å². The second-order valence-electron chi connectivity index (χ2n) is 7.24. The van der Waals surface area contributed by atoms with E-state index < -0.39 is 0 Å². The van der Waals surface area contributed by atoms with E-state index in [1.807, 2.05) is 86.6 Å². The Morgan fingerprint density at radius 1 is 0.903 bits per heavy atom. The largest absolute Gasteiger partial charge is 0.436 e. The van der Waals surface area contributed by atoms with E-state index in [0.29, 0.717) is 17.5 Å². The number of rotatable bonds is 7. The quantitative estimate of drug-likeness (QED) is 0.396. The highest BCUT2D eigenvalue weighted by atomic mass is 32.2. The van der Waals surface area contributed by atoms with Gasteiger partial charge in [-0.1, -0.05) is 71.9 Å². The fourth-order valence-electron chi connectivity index (χ4n) is 2.99. The van der Waals surface area contributed by atoms with Crippen molar-refractivity contribution in [2.24, 2.45) is 0 Å². The van der Waals surface area contributed by atoms with Gasteiger partial charge in [0.05, 0.1) is 16.8 Å². The Kier molecular flexibility index (Phi) is 6.48. The van der Waals surface area contributed by atoms with Gasteiger partial charge in [-0.3, -0.25) is 4.79 Å². The van der Waals surface area contributed by atoms with Crippen molar-refractivity contribution in [2.45, 2.75) is 25.4 Å². The van der Waals surface area contributed by atoms with E-state index in [-0.39, 0.29) is 11.7 Å². The van der Waals surface area contributed by atoms with Crippen LogP contribution in [-0.2, 0) is 11.3 Å². The summed E-state index contributed by atoms with van der Waals surface area (Å²) >= 11 is 1.32. The highest BCUT2D eigenvalue weighted by Gasteiger charge is 2.15. The molecule has 6 heteroatoms. The molecular formula is C25H23N3O2S. The second-order valence-corrected chi connectivity index (χ2v) is 8.21. The first-order valence-electron chi connectivity index (χ1n) is 10.0. The zero-order valence-electron chi connectivity index (χ0n) is 17.5. The van der Waals surface area contributed by atoms with Gasteiger partial charge in [-0.15, -0.1) is 0 Å². The van der Waals surface area contributed by atoms with E-state index in [9.17, 15) is 4.79 Å². The fraction of sp³-hybridized carbons (Fsp3) is 0.160. The molecule has 4 rings (SSSR count). The third-order valence-electron chi connectivity index (χ3n) is 4.76. The number of fused-ring (bicyclic) bond motifs is 1. The maximum atomic E-state index is 12.4. The van der Waals surface area contributed by atoms with Gasteiger partial charge >= 0.3 is 0 Å². The SMILES string of the molecule is Cc1ccc(CNC(=O)CSc2nc3ccccc3nc2Oc2ccccc2C)cc1. The van der Waals surface area contributed by atoms with Gasteiger partial charge in [-0.05, 0) is 43.2 Å². The third-order valence-corrected chi connectivity index (χ3v) is 5.71. The molecule has 0 unspecified atom stereocenters. The maximum Gasteiger partial charge on any atom is 0.252 e. The van der Waals surface area contributed by atoms with Gasteiger partial charge in [0.2, 0.25) is 5.91 Å². The van der Waals surface area contributed by atoms with Gasteiger partial charge in [-0.2, -0.15) is 0 Å². The fourth-order valence-corrected chi connectivity index (χ4v) is 3.74. The molecule has 5 nitrogen and oxygen atoms in total. The first-order chi connectivity index (χ1) is 15.1. The Bertz CT molecular complexity index is 1210. The molecule has 31 heavy (non-hydrogen) atoms. The minimum absolute atomic E-state index is 0.0672. The topological polar surface area (TPSA) is 64.1 Å². The number of ether oxygens (including phenoxy) is 1. The van der Waals surface area contributed by atoms with Gasteiger partial charge in [0.1, 0.15) is 5.75 Å². The van der Waals surface area contributed by atoms with E-state index >= 15 is 0 Å². The molecule has 4 aromatic rings. The number of amides is 1. The number of carbonyl (C=O) groups is 1. The molecule has 0 aliphatic heterocycles. The predicted molar refractivity (Wildman–Crippen MR) is 125 cm³/mol. The lowest BCUT2D eigenvalue weighted by Gasteiger charge is -2.12. The Labute approximate surface area is 185 Å². The Morgan fingerprint density at radius 2 is 1.58 bits per heavy atom. The van der Waals surface area contributed by atoms with Gasteiger partial charge in [0, 0.05) is 6.54 Å². The monoisotopic (exact) mass is 429 g/mol. The zero-order valence-corrected chi connectivity index (χ0v) is 18.3. The summed E-state index contributed by atoms with van der Waals surface area (Å²) in [6.07, 6.45) is 0. The van der Waals surface area contributed by atoms with Crippen LogP contribution in [-0.4, -0.2) is 21.6 Å². The second kappa shape index (κ2) is 9.62. The highest BCUT2D eigenvalue weighted by Crippen LogP contribution is 2.32. The average molecular weight is 430 g/mol. The molecule has 3 aromatic carbocycles. The minimum Gasteiger partial charge on any atom is -0.436 e. The summed E-state index contributed by atoms with van der Waals surface area (Å²) in [5, 5.41) is 3.55. The smallest absolute Gasteiger partial charge is 0.252 e. The molecule has 1 N–H and O–H groups in total. The molecule has 1 amide bonds. The molecule has 0 saturated heterocycles. The van der Waals surface area contributed by atoms with Gasteiger partial charge < -0.3 is 10.1 Å². The van der Waals surface area contributed by atoms with E-state index in [1.54, 1.807) is 0 Å². The lowest BCUT2D eigenvalue weighted by molar-refractivity contribution is -0.118. The third kappa shape index (κ3) is 5.41. The molecular weight excluding hydrogens is 406 g/mol. The van der Waals surface area contributed by atoms with Crippen LogP contribution < -0.4 is 10.1 Å². The zero-order chi connectivity index (χ0) is 21.6. The van der Waals surface area contributed by atoms with Crippen LogP contribution in [0.2, 0.25) is 0 Å². The summed E-state index contributed by atoms with van der Waals surface area (Å²) in [6.45, 7) is 4.52. The van der Waals surface area contributed by atoms with Crippen molar-refractivity contribution in [1.82, 2.24) is 15.3 Å². The summed E-state index contributed by atoms with van der Waals surface area (Å²) < 4.78 is 6.10. The molecule has 0 spiro atoms. The molecule has 0 aliphatic rings. The number of hydrogen-bond donors (Lipinski definition) is 1. The van der Waals surface area contributed by atoms with Gasteiger partial charge in [0.15, 0.2) is 5.03 Å². The summed E-state index contributed by atoms with van der Waals surface area (Å²) in [7, 11) is 0. The molecule has 0 fully saturated rings. The van der Waals surface area contributed by atoms with Crippen molar-refractivity contribution >= 4 is 28.7 Å². The number of benzene rings is 3. The normalized spacial score (nSPS) is 10.8. The minimum atomic E-state index is -0.0672. The number of nitrogens with zero attached hydrogens (tertiary/aromatic N) is 2. The van der Waals surface area contributed by atoms with Crippen LogP contribution in [0.4, 0.5) is 0 Å². The van der Waals surface area contributed by atoms with Crippen LogP contribution in [0.5, 0.6) is 11.6 Å². The summed E-state index contributed by atoms with van der Waals surface area (Å²) in [6, 6.07) is 23.5. The standard InChI is InChI=1S/C25H23N3O2S/c1-17-11-13-19(14-12-17)15-26-23(29)16-31-25-24(30-22-10-6-3-7-18(22)2)27-20-8-4-5-9-21(20)28-25/h3-14H,15-16H2,1-2H3,(H,26,29). The van der Waals surface area contributed by atoms with E-state index in [4.69, 9.17) is 9.72 Å². The number of nitrogens with one attached hydrogen (secondary N) is 1.